The van der Waals surface area contributed by atoms with Crippen LogP contribution in [0.1, 0.15) is 24.7 Å². The fourth-order valence-electron chi connectivity index (χ4n) is 1.55. The van der Waals surface area contributed by atoms with Crippen molar-refractivity contribution in [3.8, 4) is 0 Å². The van der Waals surface area contributed by atoms with Gasteiger partial charge in [-0.2, -0.15) is 16.9 Å². The molecular formula is C10H20N4O2S2. The van der Waals surface area contributed by atoms with Crippen LogP contribution in [0.5, 0.6) is 0 Å². The minimum Gasteiger partial charge on any atom is -0.325 e. The third-order valence-electron chi connectivity index (χ3n) is 2.67. The highest BCUT2D eigenvalue weighted by molar-refractivity contribution is 7.99. The third-order valence-corrected chi connectivity index (χ3v) is 5.37. The molecule has 0 bridgehead atoms. The molecule has 104 valence electrons. The van der Waals surface area contributed by atoms with Crippen molar-refractivity contribution in [2.24, 2.45) is 5.73 Å². The maximum Gasteiger partial charge on any atom is 0.244 e. The van der Waals surface area contributed by atoms with E-state index >= 15 is 0 Å². The first-order valence-electron chi connectivity index (χ1n) is 5.68. The van der Waals surface area contributed by atoms with Gasteiger partial charge in [-0.3, -0.25) is 5.10 Å². The fraction of sp³-hybridized carbons (Fsp3) is 0.700. The maximum absolute atomic E-state index is 12.1. The molecule has 1 aromatic rings. The van der Waals surface area contributed by atoms with E-state index in [0.29, 0.717) is 23.2 Å². The van der Waals surface area contributed by atoms with Crippen LogP contribution in [0.4, 0.5) is 0 Å². The lowest BCUT2D eigenvalue weighted by atomic mass is 10.3. The Morgan fingerprint density at radius 2 is 2.22 bits per heavy atom. The summed E-state index contributed by atoms with van der Waals surface area (Å²) in [5, 5.41) is 6.96. The van der Waals surface area contributed by atoms with Gasteiger partial charge in [-0.1, -0.05) is 6.92 Å². The van der Waals surface area contributed by atoms with Crippen LogP contribution < -0.4 is 10.5 Å². The quantitative estimate of drug-likeness (QED) is 0.683. The van der Waals surface area contributed by atoms with E-state index < -0.39 is 10.0 Å². The summed E-state index contributed by atoms with van der Waals surface area (Å²) < 4.78 is 26.8. The Kier molecular flexibility index (Phi) is 5.64. The van der Waals surface area contributed by atoms with Gasteiger partial charge < -0.3 is 5.73 Å². The summed E-state index contributed by atoms with van der Waals surface area (Å²) in [5.41, 5.74) is 6.37. The van der Waals surface area contributed by atoms with E-state index in [9.17, 15) is 8.42 Å². The predicted octanol–water partition coefficient (Wildman–Crippen LogP) is 0.597. The number of aryl methyl sites for hydroxylation is 1. The molecule has 8 heteroatoms. The molecule has 0 spiro atoms. The van der Waals surface area contributed by atoms with Crippen molar-refractivity contribution in [3.05, 3.63) is 11.4 Å². The Labute approximate surface area is 112 Å². The first kappa shape index (κ1) is 15.5. The van der Waals surface area contributed by atoms with Crippen LogP contribution in [0.3, 0.4) is 0 Å². The zero-order valence-electron chi connectivity index (χ0n) is 10.9. The van der Waals surface area contributed by atoms with Gasteiger partial charge in [0.2, 0.25) is 10.0 Å². The van der Waals surface area contributed by atoms with Crippen molar-refractivity contribution in [2.75, 3.05) is 12.8 Å². The van der Waals surface area contributed by atoms with E-state index in [1.807, 2.05) is 6.26 Å². The van der Waals surface area contributed by atoms with Gasteiger partial charge >= 0.3 is 0 Å². The second-order valence-corrected chi connectivity index (χ2v) is 7.04. The molecule has 1 aromatic heterocycles. The Morgan fingerprint density at radius 3 is 2.78 bits per heavy atom. The first-order chi connectivity index (χ1) is 8.42. The summed E-state index contributed by atoms with van der Waals surface area (Å²) in [5.74, 6) is 0. The molecule has 18 heavy (non-hydrogen) atoms. The monoisotopic (exact) mass is 292 g/mol. The van der Waals surface area contributed by atoms with Crippen LogP contribution in [-0.2, 0) is 16.6 Å². The van der Waals surface area contributed by atoms with Crippen molar-refractivity contribution >= 4 is 21.8 Å². The van der Waals surface area contributed by atoms with Crippen molar-refractivity contribution < 1.29 is 8.42 Å². The van der Waals surface area contributed by atoms with Crippen molar-refractivity contribution in [1.29, 1.82) is 0 Å². The molecule has 0 amide bonds. The highest BCUT2D eigenvalue weighted by Crippen LogP contribution is 2.17. The number of sulfonamides is 1. The summed E-state index contributed by atoms with van der Waals surface area (Å²) in [6, 6.07) is 0. The number of hydrogen-bond donors (Lipinski definition) is 3. The SMILES string of the molecule is CSC(C)CCNS(=O)(=O)c1c(CN)n[nH]c1C. The smallest absolute Gasteiger partial charge is 0.244 e. The summed E-state index contributed by atoms with van der Waals surface area (Å²) >= 11 is 1.71. The number of aromatic amines is 1. The fourth-order valence-corrected chi connectivity index (χ4v) is 3.32. The van der Waals surface area contributed by atoms with Gasteiger partial charge in [-0.15, -0.1) is 0 Å². The van der Waals surface area contributed by atoms with Gasteiger partial charge in [-0.25, -0.2) is 13.1 Å². The molecule has 1 unspecified atom stereocenters. The molecule has 4 N–H and O–H groups in total. The molecule has 0 aromatic carbocycles. The zero-order valence-corrected chi connectivity index (χ0v) is 12.5. The largest absolute Gasteiger partial charge is 0.325 e. The molecule has 0 saturated carbocycles. The van der Waals surface area contributed by atoms with Gasteiger partial charge in [0, 0.05) is 18.3 Å². The Balaban J connectivity index is 2.77. The number of hydrogen-bond acceptors (Lipinski definition) is 5. The van der Waals surface area contributed by atoms with Crippen LogP contribution in [-0.4, -0.2) is 36.7 Å². The van der Waals surface area contributed by atoms with Crippen LogP contribution in [0.2, 0.25) is 0 Å². The van der Waals surface area contributed by atoms with Crippen LogP contribution in [0, 0.1) is 6.92 Å². The number of nitrogens with one attached hydrogen (secondary N) is 2. The van der Waals surface area contributed by atoms with Gasteiger partial charge in [0.05, 0.1) is 11.4 Å². The summed E-state index contributed by atoms with van der Waals surface area (Å²) in [6.07, 6.45) is 2.79. The number of H-pyrrole nitrogens is 1. The van der Waals surface area contributed by atoms with Crippen LogP contribution in [0.25, 0.3) is 0 Å². The van der Waals surface area contributed by atoms with Crippen LogP contribution in [0.15, 0.2) is 4.90 Å². The third kappa shape index (κ3) is 3.71. The second kappa shape index (κ2) is 6.55. The highest BCUT2D eigenvalue weighted by atomic mass is 32.2. The van der Waals surface area contributed by atoms with E-state index in [2.05, 4.69) is 21.8 Å². The Morgan fingerprint density at radius 1 is 1.56 bits per heavy atom. The van der Waals surface area contributed by atoms with E-state index in [1.165, 1.54) is 0 Å². The predicted molar refractivity (Wildman–Crippen MR) is 74.0 cm³/mol. The molecule has 0 saturated heterocycles. The lowest BCUT2D eigenvalue weighted by Gasteiger charge is -2.10. The number of aromatic nitrogens is 2. The normalized spacial score (nSPS) is 13.8. The molecule has 0 aliphatic heterocycles. The van der Waals surface area contributed by atoms with Crippen molar-refractivity contribution in [2.45, 2.75) is 37.0 Å². The highest BCUT2D eigenvalue weighted by Gasteiger charge is 2.23. The number of rotatable bonds is 7. The first-order valence-corrected chi connectivity index (χ1v) is 8.45. The van der Waals surface area contributed by atoms with E-state index in [0.717, 1.165) is 6.42 Å². The molecule has 0 fully saturated rings. The van der Waals surface area contributed by atoms with E-state index in [4.69, 9.17) is 5.73 Å². The summed E-state index contributed by atoms with van der Waals surface area (Å²) in [6.45, 7) is 4.25. The topological polar surface area (TPSA) is 101 Å². The van der Waals surface area contributed by atoms with Gasteiger partial charge in [0.15, 0.2) is 0 Å². The van der Waals surface area contributed by atoms with E-state index in [1.54, 1.807) is 18.7 Å². The maximum atomic E-state index is 12.1. The molecule has 1 heterocycles. The molecular weight excluding hydrogens is 272 g/mol. The molecule has 1 atom stereocenters. The molecule has 6 nitrogen and oxygen atoms in total. The molecule has 0 aliphatic rings. The van der Waals surface area contributed by atoms with Gasteiger partial charge in [-0.05, 0) is 19.6 Å². The Hall–Kier alpha value is -0.570. The minimum absolute atomic E-state index is 0.0990. The summed E-state index contributed by atoms with van der Waals surface area (Å²) in [7, 11) is -3.53. The summed E-state index contributed by atoms with van der Waals surface area (Å²) in [4.78, 5) is 0.182. The minimum atomic E-state index is -3.53. The second-order valence-electron chi connectivity index (χ2n) is 4.06. The van der Waals surface area contributed by atoms with E-state index in [-0.39, 0.29) is 11.4 Å². The molecule has 0 radical (unpaired) electrons. The average Bonchev–Trinajstić information content (AvgIpc) is 2.70. The Bertz CT molecular complexity index is 484. The number of nitrogens with zero attached hydrogens (tertiary/aromatic N) is 1. The lowest BCUT2D eigenvalue weighted by molar-refractivity contribution is 0.577. The number of nitrogens with two attached hydrogens (primary N) is 1. The molecule has 1 rings (SSSR count). The van der Waals surface area contributed by atoms with Gasteiger partial charge in [0.1, 0.15) is 4.90 Å². The lowest BCUT2D eigenvalue weighted by Crippen LogP contribution is -2.27. The zero-order chi connectivity index (χ0) is 13.8. The standard InChI is InChI=1S/C10H20N4O2S2/c1-7(17-3)4-5-12-18(15,16)10-8(2)13-14-9(10)6-11/h7,12H,4-6,11H2,1-3H3,(H,13,14). The number of thioether (sulfide) groups is 1. The average molecular weight is 292 g/mol. The van der Waals surface area contributed by atoms with Crippen molar-refractivity contribution in [1.82, 2.24) is 14.9 Å². The van der Waals surface area contributed by atoms with Crippen LogP contribution >= 0.6 is 11.8 Å². The van der Waals surface area contributed by atoms with Crippen molar-refractivity contribution in [3.63, 3.8) is 0 Å². The van der Waals surface area contributed by atoms with Gasteiger partial charge in [0.25, 0.3) is 0 Å². The molecule has 0 aliphatic carbocycles.